The summed E-state index contributed by atoms with van der Waals surface area (Å²) in [6.45, 7) is 2.22. The van der Waals surface area contributed by atoms with Gasteiger partial charge in [-0.2, -0.15) is 0 Å². The molecule has 0 amide bonds. The Hall–Kier alpha value is 0.246. The first kappa shape index (κ1) is 23.3. The standard InChI is InChI=1S/C20H28O3S.K/c1-2-3-4-5-6-7-8-9-12-17-13-10-14-18-15-11-16-19(20(17)18)24(21,22)23;/h10-11,13-16H,2-9,12H2,1H3,(H,21,22,23);/q;+1/p-1. The Kier molecular flexibility index (Phi) is 11.0. The number of hydrogen-bond donors (Lipinski definition) is 0. The van der Waals surface area contributed by atoms with Gasteiger partial charge in [-0.1, -0.05) is 82.2 Å². The second kappa shape index (κ2) is 11.9. The fourth-order valence-corrected chi connectivity index (χ4v) is 3.99. The number of hydrogen-bond acceptors (Lipinski definition) is 3. The van der Waals surface area contributed by atoms with Gasteiger partial charge in [0.2, 0.25) is 0 Å². The van der Waals surface area contributed by atoms with Crippen LogP contribution in [-0.4, -0.2) is 13.0 Å². The maximum absolute atomic E-state index is 11.5. The molecule has 0 heterocycles. The van der Waals surface area contributed by atoms with Gasteiger partial charge in [-0.05, 0) is 29.9 Å². The van der Waals surface area contributed by atoms with Crippen molar-refractivity contribution in [2.75, 3.05) is 0 Å². The van der Waals surface area contributed by atoms with Crippen molar-refractivity contribution in [3.8, 4) is 0 Å². The quantitative estimate of drug-likeness (QED) is 0.358. The van der Waals surface area contributed by atoms with Crippen molar-refractivity contribution >= 4 is 20.9 Å². The summed E-state index contributed by atoms with van der Waals surface area (Å²) in [6.07, 6.45) is 10.7. The fraction of sp³-hybridized carbons (Fsp3) is 0.500. The van der Waals surface area contributed by atoms with E-state index in [2.05, 4.69) is 6.92 Å². The van der Waals surface area contributed by atoms with E-state index in [0.29, 0.717) is 5.39 Å². The van der Waals surface area contributed by atoms with Gasteiger partial charge in [-0.15, -0.1) is 0 Å². The average Bonchev–Trinajstić information content (AvgIpc) is 2.56. The monoisotopic (exact) mass is 386 g/mol. The van der Waals surface area contributed by atoms with Crippen LogP contribution in [0, 0.1) is 0 Å². The predicted molar refractivity (Wildman–Crippen MR) is 98.2 cm³/mol. The first-order chi connectivity index (χ1) is 11.5. The van der Waals surface area contributed by atoms with Gasteiger partial charge < -0.3 is 4.55 Å². The SMILES string of the molecule is CCCCCCCCCCc1cccc2cccc(S(=O)(=O)[O-])c12.[K+]. The smallest absolute Gasteiger partial charge is 0.744 e. The Labute approximate surface area is 194 Å². The molecule has 0 radical (unpaired) electrons. The van der Waals surface area contributed by atoms with E-state index in [-0.39, 0.29) is 56.3 Å². The molecule has 0 aliphatic heterocycles. The van der Waals surface area contributed by atoms with Gasteiger partial charge >= 0.3 is 51.4 Å². The van der Waals surface area contributed by atoms with Crippen LogP contribution in [0.1, 0.15) is 63.9 Å². The van der Waals surface area contributed by atoms with Gasteiger partial charge in [-0.25, -0.2) is 8.42 Å². The van der Waals surface area contributed by atoms with Gasteiger partial charge in [-0.3, -0.25) is 0 Å². The maximum Gasteiger partial charge on any atom is 1.00 e. The molecule has 0 N–H and O–H groups in total. The largest absolute Gasteiger partial charge is 1.00 e. The molecule has 5 heteroatoms. The van der Waals surface area contributed by atoms with Crippen LogP contribution >= 0.6 is 0 Å². The molecule has 132 valence electrons. The normalized spacial score (nSPS) is 11.4. The van der Waals surface area contributed by atoms with Crippen molar-refractivity contribution < 1.29 is 64.4 Å². The van der Waals surface area contributed by atoms with Crippen LogP contribution in [0.3, 0.4) is 0 Å². The molecule has 2 aromatic rings. The summed E-state index contributed by atoms with van der Waals surface area (Å²) in [5.74, 6) is 0. The molecule has 0 saturated carbocycles. The minimum Gasteiger partial charge on any atom is -0.744 e. The van der Waals surface area contributed by atoms with Crippen LogP contribution in [0.5, 0.6) is 0 Å². The molecule has 0 spiro atoms. The first-order valence-electron chi connectivity index (χ1n) is 9.00. The van der Waals surface area contributed by atoms with E-state index in [0.717, 1.165) is 30.2 Å². The van der Waals surface area contributed by atoms with Crippen molar-refractivity contribution in [2.45, 2.75) is 69.6 Å². The molecule has 0 fully saturated rings. The summed E-state index contributed by atoms with van der Waals surface area (Å²) < 4.78 is 34.6. The number of benzene rings is 2. The van der Waals surface area contributed by atoms with Crippen LogP contribution < -0.4 is 51.4 Å². The molecule has 2 rings (SSSR count). The molecule has 3 nitrogen and oxygen atoms in total. The third kappa shape index (κ3) is 7.41. The molecule has 0 aliphatic rings. The number of fused-ring (bicyclic) bond motifs is 1. The fourth-order valence-electron chi connectivity index (χ4n) is 3.25. The van der Waals surface area contributed by atoms with E-state index in [1.807, 2.05) is 24.3 Å². The van der Waals surface area contributed by atoms with Gasteiger partial charge in [0.25, 0.3) is 0 Å². The van der Waals surface area contributed by atoms with Crippen molar-refractivity contribution in [1.29, 1.82) is 0 Å². The van der Waals surface area contributed by atoms with Crippen LogP contribution in [0.4, 0.5) is 0 Å². The first-order valence-corrected chi connectivity index (χ1v) is 10.4. The van der Waals surface area contributed by atoms with Crippen molar-refractivity contribution in [3.63, 3.8) is 0 Å². The molecular weight excluding hydrogens is 359 g/mol. The number of rotatable bonds is 10. The van der Waals surface area contributed by atoms with Gasteiger partial charge in [0.05, 0.1) is 4.90 Å². The molecule has 0 aromatic heterocycles. The summed E-state index contributed by atoms with van der Waals surface area (Å²) >= 11 is 0. The summed E-state index contributed by atoms with van der Waals surface area (Å²) in [4.78, 5) is -0.0878. The number of unbranched alkanes of at least 4 members (excludes halogenated alkanes) is 7. The van der Waals surface area contributed by atoms with E-state index >= 15 is 0 Å². The molecule has 0 atom stereocenters. The van der Waals surface area contributed by atoms with Crippen LogP contribution in [0.25, 0.3) is 10.8 Å². The minimum absolute atomic E-state index is 0. The molecule has 0 unspecified atom stereocenters. The summed E-state index contributed by atoms with van der Waals surface area (Å²) in [5, 5.41) is 1.43. The zero-order valence-corrected chi connectivity index (χ0v) is 19.4. The van der Waals surface area contributed by atoms with Crippen molar-refractivity contribution in [3.05, 3.63) is 42.0 Å². The van der Waals surface area contributed by atoms with E-state index in [4.69, 9.17) is 0 Å². The van der Waals surface area contributed by atoms with Gasteiger partial charge in [0.15, 0.2) is 0 Å². The van der Waals surface area contributed by atoms with Gasteiger partial charge in [0.1, 0.15) is 10.1 Å². The predicted octanol–water partition coefficient (Wildman–Crippen LogP) is 2.43. The Morgan fingerprint density at radius 2 is 1.40 bits per heavy atom. The molecule has 2 aromatic carbocycles. The second-order valence-corrected chi connectivity index (χ2v) is 7.80. The molecule has 0 bridgehead atoms. The average molecular weight is 387 g/mol. The van der Waals surface area contributed by atoms with Crippen LogP contribution in [-0.2, 0) is 16.5 Å². The van der Waals surface area contributed by atoms with Gasteiger partial charge in [0, 0.05) is 5.39 Å². The van der Waals surface area contributed by atoms with Crippen molar-refractivity contribution in [2.24, 2.45) is 0 Å². The summed E-state index contributed by atoms with van der Waals surface area (Å²) in [6, 6.07) is 10.7. The molecular formula is C20H27KO3S. The third-order valence-corrected chi connectivity index (χ3v) is 5.40. The third-order valence-electron chi connectivity index (χ3n) is 4.52. The molecule has 25 heavy (non-hydrogen) atoms. The molecule has 0 aliphatic carbocycles. The summed E-state index contributed by atoms with van der Waals surface area (Å²) in [5.41, 5.74) is 0.966. The number of aryl methyl sites for hydroxylation is 1. The Morgan fingerprint density at radius 3 is 2.00 bits per heavy atom. The Balaban J connectivity index is 0.00000312. The molecule has 0 saturated heterocycles. The maximum atomic E-state index is 11.5. The Morgan fingerprint density at radius 1 is 0.840 bits per heavy atom. The summed E-state index contributed by atoms with van der Waals surface area (Å²) in [7, 11) is -4.45. The topological polar surface area (TPSA) is 57.2 Å². The van der Waals surface area contributed by atoms with E-state index < -0.39 is 10.1 Å². The minimum atomic E-state index is -4.45. The van der Waals surface area contributed by atoms with Crippen LogP contribution in [0.2, 0.25) is 0 Å². The zero-order chi connectivity index (χ0) is 17.4. The van der Waals surface area contributed by atoms with Crippen molar-refractivity contribution in [1.82, 2.24) is 0 Å². The zero-order valence-electron chi connectivity index (χ0n) is 15.5. The van der Waals surface area contributed by atoms with E-state index in [9.17, 15) is 13.0 Å². The van der Waals surface area contributed by atoms with E-state index in [1.54, 1.807) is 6.07 Å². The van der Waals surface area contributed by atoms with Crippen LogP contribution in [0.15, 0.2) is 41.3 Å². The second-order valence-electron chi connectivity index (χ2n) is 6.45. The van der Waals surface area contributed by atoms with E-state index in [1.165, 1.54) is 44.6 Å². The Bertz CT molecular complexity index is 751.